The molecule has 0 atom stereocenters. The van der Waals surface area contributed by atoms with Gasteiger partial charge in [-0.1, -0.05) is 40.9 Å². The van der Waals surface area contributed by atoms with Gasteiger partial charge in [0.25, 0.3) is 11.7 Å². The Balaban J connectivity index is 2.00. The summed E-state index contributed by atoms with van der Waals surface area (Å²) >= 11 is 11.8. The van der Waals surface area contributed by atoms with Crippen molar-refractivity contribution in [2.24, 2.45) is 0 Å². The van der Waals surface area contributed by atoms with Crippen molar-refractivity contribution >= 4 is 40.6 Å². The lowest BCUT2D eigenvalue weighted by Crippen LogP contribution is -2.29. The monoisotopic (exact) mass is 320 g/mol. The third-order valence-electron chi connectivity index (χ3n) is 3.35. The second kappa shape index (κ2) is 5.13. The quantitative estimate of drug-likeness (QED) is 0.629. The molecule has 2 heterocycles. The number of anilines is 1. The number of carbonyl (C=O) groups is 2. The summed E-state index contributed by atoms with van der Waals surface area (Å²) in [5, 5.41) is 0.506. The van der Waals surface area contributed by atoms with E-state index in [1.807, 2.05) is 13.0 Å². The Hall–Kier alpha value is -1.91. The van der Waals surface area contributed by atoms with E-state index in [-0.39, 0.29) is 16.9 Å². The molecule has 0 saturated heterocycles. The predicted octanol–water partition coefficient (Wildman–Crippen LogP) is 3.43. The molecule has 21 heavy (non-hydrogen) atoms. The summed E-state index contributed by atoms with van der Waals surface area (Å²) in [6.07, 6.45) is 0. The van der Waals surface area contributed by atoms with Crippen LogP contribution in [0.3, 0.4) is 0 Å². The lowest BCUT2D eigenvalue weighted by atomic mass is 10.1. The minimum Gasteiger partial charge on any atom is -0.300 e. The molecule has 6 heteroatoms. The van der Waals surface area contributed by atoms with Gasteiger partial charge in [-0.2, -0.15) is 0 Å². The maximum absolute atomic E-state index is 12.1. The Morgan fingerprint density at radius 1 is 1.14 bits per heavy atom. The molecule has 3 rings (SSSR count). The van der Waals surface area contributed by atoms with Crippen LogP contribution in [-0.2, 0) is 11.3 Å². The Morgan fingerprint density at radius 3 is 2.62 bits per heavy atom. The number of aryl methyl sites for hydroxylation is 1. The molecule has 1 amide bonds. The van der Waals surface area contributed by atoms with Crippen LogP contribution in [0.2, 0.25) is 10.3 Å². The van der Waals surface area contributed by atoms with E-state index in [4.69, 9.17) is 23.2 Å². The topological polar surface area (TPSA) is 50.3 Å². The number of aromatic nitrogens is 1. The molecule has 0 bridgehead atoms. The van der Waals surface area contributed by atoms with Gasteiger partial charge in [-0.25, -0.2) is 4.98 Å². The van der Waals surface area contributed by atoms with E-state index in [0.717, 1.165) is 5.56 Å². The normalized spacial score (nSPS) is 13.8. The number of nitrogens with zero attached hydrogens (tertiary/aromatic N) is 2. The Morgan fingerprint density at radius 2 is 1.90 bits per heavy atom. The Bertz CT molecular complexity index is 774. The van der Waals surface area contributed by atoms with Gasteiger partial charge in [0, 0.05) is 5.56 Å². The molecule has 1 aromatic carbocycles. The van der Waals surface area contributed by atoms with Gasteiger partial charge >= 0.3 is 0 Å². The van der Waals surface area contributed by atoms with Crippen LogP contribution in [0.25, 0.3) is 0 Å². The fraction of sp³-hybridized carbons (Fsp3) is 0.133. The van der Waals surface area contributed by atoms with Crippen molar-refractivity contribution in [3.63, 3.8) is 0 Å². The van der Waals surface area contributed by atoms with Gasteiger partial charge in [-0.05, 0) is 25.1 Å². The van der Waals surface area contributed by atoms with Crippen LogP contribution < -0.4 is 4.90 Å². The van der Waals surface area contributed by atoms with Gasteiger partial charge in [0.1, 0.15) is 10.3 Å². The van der Waals surface area contributed by atoms with E-state index in [9.17, 15) is 9.59 Å². The van der Waals surface area contributed by atoms with E-state index in [0.29, 0.717) is 16.8 Å². The van der Waals surface area contributed by atoms with E-state index in [1.54, 1.807) is 24.3 Å². The van der Waals surface area contributed by atoms with Crippen molar-refractivity contribution in [3.05, 3.63) is 57.3 Å². The molecule has 1 aromatic heterocycles. The third-order valence-corrected chi connectivity index (χ3v) is 3.89. The van der Waals surface area contributed by atoms with Gasteiger partial charge in [-0.15, -0.1) is 0 Å². The summed E-state index contributed by atoms with van der Waals surface area (Å²) in [6.45, 7) is 2.06. The SMILES string of the molecule is Cc1ccc2c(c1)C(=O)C(=O)N2Cc1ccc(Cl)nc1Cl. The average molecular weight is 321 g/mol. The number of carbonyl (C=O) groups excluding carboxylic acids is 2. The lowest BCUT2D eigenvalue weighted by Gasteiger charge is -2.17. The van der Waals surface area contributed by atoms with Gasteiger partial charge in [0.2, 0.25) is 0 Å². The minimum atomic E-state index is -0.554. The molecular weight excluding hydrogens is 311 g/mol. The van der Waals surface area contributed by atoms with E-state index < -0.39 is 11.7 Å². The van der Waals surface area contributed by atoms with Crippen LogP contribution in [0.1, 0.15) is 21.5 Å². The Kier molecular flexibility index (Phi) is 3.43. The molecule has 0 unspecified atom stereocenters. The second-order valence-electron chi connectivity index (χ2n) is 4.82. The number of hydrogen-bond donors (Lipinski definition) is 0. The lowest BCUT2D eigenvalue weighted by molar-refractivity contribution is -0.114. The highest BCUT2D eigenvalue weighted by atomic mass is 35.5. The predicted molar refractivity (Wildman–Crippen MR) is 81.0 cm³/mol. The zero-order valence-corrected chi connectivity index (χ0v) is 12.6. The van der Waals surface area contributed by atoms with Crippen LogP contribution >= 0.6 is 23.2 Å². The largest absolute Gasteiger partial charge is 0.300 e. The van der Waals surface area contributed by atoms with Crippen molar-refractivity contribution in [2.75, 3.05) is 4.90 Å². The average Bonchev–Trinajstić information content (AvgIpc) is 2.66. The maximum Gasteiger partial charge on any atom is 0.299 e. The number of halogens is 2. The molecule has 4 nitrogen and oxygen atoms in total. The third kappa shape index (κ3) is 2.41. The number of Topliss-reactive ketones (excluding diaryl/α,β-unsaturated/α-hetero) is 1. The number of amides is 1. The fourth-order valence-corrected chi connectivity index (χ4v) is 2.71. The van der Waals surface area contributed by atoms with Crippen LogP contribution in [0, 0.1) is 6.92 Å². The summed E-state index contributed by atoms with van der Waals surface area (Å²) in [5.74, 6) is -1.05. The summed E-state index contributed by atoms with van der Waals surface area (Å²) in [7, 11) is 0. The van der Waals surface area contributed by atoms with Crippen molar-refractivity contribution in [3.8, 4) is 0 Å². The molecule has 0 aliphatic carbocycles. The second-order valence-corrected chi connectivity index (χ2v) is 5.57. The molecule has 0 radical (unpaired) electrons. The minimum absolute atomic E-state index is 0.184. The molecule has 106 valence electrons. The highest BCUT2D eigenvalue weighted by Crippen LogP contribution is 2.32. The van der Waals surface area contributed by atoms with Crippen molar-refractivity contribution in [2.45, 2.75) is 13.5 Å². The zero-order valence-electron chi connectivity index (χ0n) is 11.1. The van der Waals surface area contributed by atoms with Gasteiger partial charge in [-0.3, -0.25) is 9.59 Å². The maximum atomic E-state index is 12.1. The molecule has 0 N–H and O–H groups in total. The summed E-state index contributed by atoms with van der Waals surface area (Å²) in [5.41, 5.74) is 2.60. The van der Waals surface area contributed by atoms with Gasteiger partial charge in [0.15, 0.2) is 0 Å². The molecule has 0 saturated carbocycles. The first-order chi connectivity index (χ1) is 9.97. The summed E-state index contributed by atoms with van der Waals surface area (Å²) in [4.78, 5) is 29.5. The number of hydrogen-bond acceptors (Lipinski definition) is 3. The Labute approximate surface area is 131 Å². The van der Waals surface area contributed by atoms with Crippen molar-refractivity contribution in [1.29, 1.82) is 0 Å². The van der Waals surface area contributed by atoms with Gasteiger partial charge in [0.05, 0.1) is 17.8 Å². The standard InChI is InChI=1S/C15H10Cl2N2O2/c1-8-2-4-11-10(6-8)13(20)15(21)19(11)7-9-3-5-12(16)18-14(9)17/h2-6H,7H2,1H3. The first kappa shape index (κ1) is 14.0. The number of fused-ring (bicyclic) bond motifs is 1. The number of benzene rings is 1. The first-order valence-electron chi connectivity index (χ1n) is 6.25. The molecule has 2 aromatic rings. The van der Waals surface area contributed by atoms with E-state index >= 15 is 0 Å². The van der Waals surface area contributed by atoms with Crippen LogP contribution in [0.4, 0.5) is 5.69 Å². The van der Waals surface area contributed by atoms with Gasteiger partial charge < -0.3 is 4.90 Å². The van der Waals surface area contributed by atoms with Crippen LogP contribution in [0.15, 0.2) is 30.3 Å². The first-order valence-corrected chi connectivity index (χ1v) is 7.01. The van der Waals surface area contributed by atoms with Crippen LogP contribution in [0.5, 0.6) is 0 Å². The van der Waals surface area contributed by atoms with Crippen molar-refractivity contribution < 1.29 is 9.59 Å². The van der Waals surface area contributed by atoms with E-state index in [2.05, 4.69) is 4.98 Å². The van der Waals surface area contributed by atoms with E-state index in [1.165, 1.54) is 4.90 Å². The van der Waals surface area contributed by atoms with Crippen molar-refractivity contribution in [1.82, 2.24) is 4.98 Å². The highest BCUT2D eigenvalue weighted by molar-refractivity contribution is 6.52. The molecule has 0 fully saturated rings. The molecule has 1 aliphatic rings. The number of rotatable bonds is 2. The molecular formula is C15H10Cl2N2O2. The smallest absolute Gasteiger partial charge is 0.299 e. The zero-order chi connectivity index (χ0) is 15.1. The summed E-state index contributed by atoms with van der Waals surface area (Å²) in [6, 6.07) is 8.64. The molecule has 0 spiro atoms. The highest BCUT2D eigenvalue weighted by Gasteiger charge is 2.35. The molecule has 1 aliphatic heterocycles. The number of pyridine rings is 1. The summed E-state index contributed by atoms with van der Waals surface area (Å²) < 4.78 is 0. The number of ketones is 1. The van der Waals surface area contributed by atoms with Crippen LogP contribution in [-0.4, -0.2) is 16.7 Å². The fourth-order valence-electron chi connectivity index (χ4n) is 2.30.